The summed E-state index contributed by atoms with van der Waals surface area (Å²) >= 11 is 0. The van der Waals surface area contributed by atoms with Crippen LogP contribution in [0.1, 0.15) is 15.9 Å². The van der Waals surface area contributed by atoms with E-state index in [1.807, 2.05) is 35.9 Å². The number of carbonyl (C=O) groups excluding carboxylic acids is 1. The Balaban J connectivity index is 1.58. The molecule has 4 rings (SSSR count). The van der Waals surface area contributed by atoms with Crippen molar-refractivity contribution in [2.24, 2.45) is 0 Å². The molecule has 4 aromatic rings. The second-order valence-electron chi connectivity index (χ2n) is 6.65. The van der Waals surface area contributed by atoms with Crippen LogP contribution in [0.4, 0.5) is 18.9 Å². The van der Waals surface area contributed by atoms with Crippen LogP contribution in [-0.2, 0) is 0 Å². The lowest BCUT2D eigenvalue weighted by Crippen LogP contribution is -2.15. The fourth-order valence-electron chi connectivity index (χ4n) is 3.14. The Kier molecular flexibility index (Phi) is 4.91. The third kappa shape index (κ3) is 3.36. The van der Waals surface area contributed by atoms with Gasteiger partial charge in [-0.15, -0.1) is 0 Å². The maximum Gasteiger partial charge on any atom is 0.258 e. The lowest BCUT2D eigenvalue weighted by Gasteiger charge is -2.10. The molecule has 1 N–H and O–H groups in total. The largest absolute Gasteiger partial charge is 0.491 e. The van der Waals surface area contributed by atoms with Gasteiger partial charge in [-0.3, -0.25) is 4.79 Å². The maximum absolute atomic E-state index is 14.3. The number of nitrogens with one attached hydrogen (secondary N) is 1. The highest BCUT2D eigenvalue weighted by Gasteiger charge is 2.23. The van der Waals surface area contributed by atoms with Gasteiger partial charge in [0.15, 0.2) is 17.4 Å². The van der Waals surface area contributed by atoms with Crippen LogP contribution < -0.4 is 10.1 Å². The van der Waals surface area contributed by atoms with Crippen molar-refractivity contribution in [1.82, 2.24) is 9.38 Å². The van der Waals surface area contributed by atoms with Crippen LogP contribution >= 0.6 is 0 Å². The number of hydrogen-bond donors (Lipinski definition) is 1. The van der Waals surface area contributed by atoms with Crippen LogP contribution in [-0.4, -0.2) is 22.4 Å². The molecule has 0 aliphatic heterocycles. The number of aryl methyl sites for hydroxylation is 1. The van der Waals surface area contributed by atoms with Gasteiger partial charge in [0.1, 0.15) is 5.65 Å². The zero-order valence-corrected chi connectivity index (χ0v) is 16.0. The normalized spacial score (nSPS) is 11.0. The number of ether oxygens (including phenoxy) is 1. The van der Waals surface area contributed by atoms with Crippen molar-refractivity contribution >= 4 is 17.2 Å². The van der Waals surface area contributed by atoms with Crippen molar-refractivity contribution in [2.75, 3.05) is 12.4 Å². The van der Waals surface area contributed by atoms with E-state index in [9.17, 15) is 18.0 Å². The quantitative estimate of drug-likeness (QED) is 0.482. The van der Waals surface area contributed by atoms with E-state index in [1.54, 1.807) is 24.3 Å². The molecule has 0 fully saturated rings. The average Bonchev–Trinajstić information content (AvgIpc) is 3.17. The fourth-order valence-corrected chi connectivity index (χ4v) is 3.14. The van der Waals surface area contributed by atoms with Crippen molar-refractivity contribution < 1.29 is 22.7 Å². The minimum absolute atomic E-state index is 0.354. The van der Waals surface area contributed by atoms with Gasteiger partial charge >= 0.3 is 0 Å². The minimum atomic E-state index is -1.49. The van der Waals surface area contributed by atoms with Crippen LogP contribution in [0.3, 0.4) is 0 Å². The lowest BCUT2D eigenvalue weighted by atomic mass is 10.1. The molecule has 0 bridgehead atoms. The van der Waals surface area contributed by atoms with Gasteiger partial charge in [0.05, 0.1) is 18.4 Å². The molecule has 152 valence electrons. The highest BCUT2D eigenvalue weighted by molar-refractivity contribution is 6.04. The van der Waals surface area contributed by atoms with Crippen molar-refractivity contribution in [3.63, 3.8) is 0 Å². The number of hydrogen-bond acceptors (Lipinski definition) is 3. The Morgan fingerprint density at radius 2 is 1.83 bits per heavy atom. The monoisotopic (exact) mass is 411 g/mol. The number of methoxy groups -OCH3 is 1. The van der Waals surface area contributed by atoms with Crippen LogP contribution in [0.15, 0.2) is 54.9 Å². The minimum Gasteiger partial charge on any atom is -0.491 e. The Bertz CT molecular complexity index is 1270. The number of rotatable bonds is 4. The number of pyridine rings is 1. The van der Waals surface area contributed by atoms with Crippen LogP contribution in [0.25, 0.3) is 16.9 Å². The van der Waals surface area contributed by atoms with Crippen LogP contribution in [0.2, 0.25) is 0 Å². The molecular formula is C22H16F3N3O2. The Morgan fingerprint density at radius 3 is 2.50 bits per heavy atom. The van der Waals surface area contributed by atoms with Crippen LogP contribution in [0.5, 0.6) is 5.75 Å². The number of nitrogens with zero attached hydrogens (tertiary/aromatic N) is 2. The van der Waals surface area contributed by atoms with Gasteiger partial charge in [0.25, 0.3) is 5.91 Å². The first-order valence-corrected chi connectivity index (χ1v) is 8.96. The summed E-state index contributed by atoms with van der Waals surface area (Å²) in [6, 6.07) is 11.1. The Labute approximate surface area is 169 Å². The smallest absolute Gasteiger partial charge is 0.258 e. The molecule has 0 spiro atoms. The van der Waals surface area contributed by atoms with Gasteiger partial charge in [-0.05, 0) is 36.8 Å². The summed E-state index contributed by atoms with van der Waals surface area (Å²) in [5.74, 6) is -6.02. The molecule has 0 saturated heterocycles. The van der Waals surface area contributed by atoms with E-state index in [2.05, 4.69) is 15.0 Å². The number of imidazole rings is 1. The first-order valence-electron chi connectivity index (χ1n) is 8.96. The van der Waals surface area contributed by atoms with E-state index in [0.29, 0.717) is 11.8 Å². The number of halogens is 3. The van der Waals surface area contributed by atoms with E-state index >= 15 is 0 Å². The van der Waals surface area contributed by atoms with Gasteiger partial charge in [0, 0.05) is 23.6 Å². The summed E-state index contributed by atoms with van der Waals surface area (Å²) in [5, 5.41) is 2.46. The lowest BCUT2D eigenvalue weighted by molar-refractivity contribution is 0.102. The standard InChI is InChI=1S/C22H16F3N3O2/c1-12-4-3-9-28-11-17(27-21(12)28)13-5-7-14(8-6-13)26-22(29)15-10-16(23)19(25)20(30-2)18(15)24/h3-11H,1-2H3,(H,26,29). The molecule has 2 aromatic carbocycles. The van der Waals surface area contributed by atoms with E-state index in [-0.39, 0.29) is 0 Å². The number of benzene rings is 2. The zero-order valence-electron chi connectivity index (χ0n) is 16.0. The maximum atomic E-state index is 14.3. The predicted octanol–water partition coefficient (Wildman–Crippen LogP) is 4.99. The molecule has 0 unspecified atom stereocenters. The van der Waals surface area contributed by atoms with Gasteiger partial charge < -0.3 is 14.5 Å². The Hall–Kier alpha value is -3.81. The molecule has 0 saturated carbocycles. The highest BCUT2D eigenvalue weighted by atomic mass is 19.2. The summed E-state index contributed by atoms with van der Waals surface area (Å²) in [7, 11) is 0.988. The molecule has 0 aliphatic rings. The third-order valence-electron chi connectivity index (χ3n) is 4.68. The molecule has 5 nitrogen and oxygen atoms in total. The zero-order chi connectivity index (χ0) is 21.4. The summed E-state index contributed by atoms with van der Waals surface area (Å²) in [5.41, 5.74) is 3.14. The molecule has 30 heavy (non-hydrogen) atoms. The van der Waals surface area contributed by atoms with Crippen molar-refractivity contribution in [3.8, 4) is 17.0 Å². The van der Waals surface area contributed by atoms with Crippen molar-refractivity contribution in [1.29, 1.82) is 0 Å². The first-order chi connectivity index (χ1) is 14.4. The van der Waals surface area contributed by atoms with E-state index < -0.39 is 34.7 Å². The highest BCUT2D eigenvalue weighted by Crippen LogP contribution is 2.28. The Morgan fingerprint density at radius 1 is 1.10 bits per heavy atom. The topological polar surface area (TPSA) is 55.6 Å². The fraction of sp³-hybridized carbons (Fsp3) is 0.0909. The third-order valence-corrected chi connectivity index (χ3v) is 4.68. The van der Waals surface area contributed by atoms with E-state index in [4.69, 9.17) is 0 Å². The molecule has 2 aromatic heterocycles. The van der Waals surface area contributed by atoms with Crippen molar-refractivity contribution in [2.45, 2.75) is 6.92 Å². The number of carbonyl (C=O) groups is 1. The van der Waals surface area contributed by atoms with Gasteiger partial charge in [-0.2, -0.15) is 4.39 Å². The predicted molar refractivity (Wildman–Crippen MR) is 106 cm³/mol. The molecule has 2 heterocycles. The number of anilines is 1. The summed E-state index contributed by atoms with van der Waals surface area (Å²) < 4.78 is 47.9. The van der Waals surface area contributed by atoms with Gasteiger partial charge in [-0.25, -0.2) is 13.8 Å². The van der Waals surface area contributed by atoms with Gasteiger partial charge in [-0.1, -0.05) is 18.2 Å². The van der Waals surface area contributed by atoms with Crippen LogP contribution in [0, 0.1) is 24.4 Å². The first kappa shape index (κ1) is 19.5. The molecule has 0 radical (unpaired) electrons. The number of fused-ring (bicyclic) bond motifs is 1. The van der Waals surface area contributed by atoms with Crippen molar-refractivity contribution in [3.05, 3.63) is 83.4 Å². The second kappa shape index (κ2) is 7.55. The number of amides is 1. The molecule has 0 aliphatic carbocycles. The van der Waals surface area contributed by atoms with E-state index in [0.717, 1.165) is 29.6 Å². The summed E-state index contributed by atoms with van der Waals surface area (Å²) in [6.07, 6.45) is 3.79. The number of aromatic nitrogens is 2. The molecule has 1 amide bonds. The molecule has 0 atom stereocenters. The SMILES string of the molecule is COc1c(F)c(F)cc(C(=O)Nc2ccc(-c3cn4cccc(C)c4n3)cc2)c1F. The summed E-state index contributed by atoms with van der Waals surface area (Å²) in [6.45, 7) is 1.97. The summed E-state index contributed by atoms with van der Waals surface area (Å²) in [4.78, 5) is 17.0. The van der Waals surface area contributed by atoms with E-state index in [1.165, 1.54) is 0 Å². The second-order valence-corrected chi connectivity index (χ2v) is 6.65. The average molecular weight is 411 g/mol. The van der Waals surface area contributed by atoms with Gasteiger partial charge in [0.2, 0.25) is 5.82 Å². The molecular weight excluding hydrogens is 395 g/mol. The molecule has 8 heteroatoms.